The Kier molecular flexibility index (Phi) is 3.99. The van der Waals surface area contributed by atoms with E-state index in [1.807, 2.05) is 12.1 Å². The van der Waals surface area contributed by atoms with Crippen LogP contribution in [0.1, 0.15) is 26.3 Å². The van der Waals surface area contributed by atoms with Crippen LogP contribution in [0.5, 0.6) is 11.5 Å². The predicted molar refractivity (Wildman–Crippen MR) is 66.4 cm³/mol. The SMILES string of the molecule is COc1cc(C(C)(C)C)ccc1OCC(N)=O. The average Bonchev–Trinajstić information content (AvgIpc) is 2.24. The van der Waals surface area contributed by atoms with Crippen LogP contribution < -0.4 is 15.2 Å². The van der Waals surface area contributed by atoms with Crippen LogP contribution in [-0.4, -0.2) is 19.6 Å². The van der Waals surface area contributed by atoms with Gasteiger partial charge in [0.05, 0.1) is 7.11 Å². The number of carbonyl (C=O) groups excluding carboxylic acids is 1. The van der Waals surface area contributed by atoms with Gasteiger partial charge in [0.2, 0.25) is 0 Å². The molecule has 2 N–H and O–H groups in total. The summed E-state index contributed by atoms with van der Waals surface area (Å²) in [6.07, 6.45) is 0. The van der Waals surface area contributed by atoms with Crippen molar-refractivity contribution in [2.45, 2.75) is 26.2 Å². The maximum Gasteiger partial charge on any atom is 0.255 e. The van der Waals surface area contributed by atoms with Gasteiger partial charge in [-0.05, 0) is 23.1 Å². The minimum absolute atomic E-state index is 0.0372. The molecule has 0 aliphatic carbocycles. The van der Waals surface area contributed by atoms with E-state index in [2.05, 4.69) is 20.8 Å². The van der Waals surface area contributed by atoms with Crippen LogP contribution in [-0.2, 0) is 10.2 Å². The third-order valence-corrected chi connectivity index (χ3v) is 2.40. The maximum absolute atomic E-state index is 10.7. The zero-order valence-electron chi connectivity index (χ0n) is 10.7. The van der Waals surface area contributed by atoms with Crippen LogP contribution in [0.4, 0.5) is 0 Å². The Morgan fingerprint density at radius 3 is 2.41 bits per heavy atom. The lowest BCUT2D eigenvalue weighted by Crippen LogP contribution is -2.20. The third kappa shape index (κ3) is 3.66. The van der Waals surface area contributed by atoms with Gasteiger partial charge in [0.15, 0.2) is 18.1 Å². The summed E-state index contributed by atoms with van der Waals surface area (Å²) in [6.45, 7) is 6.20. The highest BCUT2D eigenvalue weighted by molar-refractivity contribution is 5.75. The van der Waals surface area contributed by atoms with Crippen molar-refractivity contribution in [3.63, 3.8) is 0 Å². The maximum atomic E-state index is 10.7. The molecule has 0 radical (unpaired) electrons. The van der Waals surface area contributed by atoms with Gasteiger partial charge in [-0.25, -0.2) is 0 Å². The van der Waals surface area contributed by atoms with E-state index in [0.717, 1.165) is 5.56 Å². The van der Waals surface area contributed by atoms with Crippen molar-refractivity contribution < 1.29 is 14.3 Å². The smallest absolute Gasteiger partial charge is 0.255 e. The number of ether oxygens (including phenoxy) is 2. The molecule has 94 valence electrons. The fourth-order valence-corrected chi connectivity index (χ4v) is 1.40. The molecule has 0 atom stereocenters. The summed E-state index contributed by atoms with van der Waals surface area (Å²) in [5.41, 5.74) is 6.20. The number of rotatable bonds is 4. The summed E-state index contributed by atoms with van der Waals surface area (Å²) >= 11 is 0. The van der Waals surface area contributed by atoms with Crippen LogP contribution in [0.3, 0.4) is 0 Å². The first-order chi connectivity index (χ1) is 7.84. The van der Waals surface area contributed by atoms with E-state index in [0.29, 0.717) is 11.5 Å². The molecule has 1 amide bonds. The van der Waals surface area contributed by atoms with Crippen LogP contribution in [0.25, 0.3) is 0 Å². The third-order valence-electron chi connectivity index (χ3n) is 2.40. The lowest BCUT2D eigenvalue weighted by atomic mass is 9.87. The highest BCUT2D eigenvalue weighted by Crippen LogP contribution is 2.32. The van der Waals surface area contributed by atoms with Crippen LogP contribution in [0, 0.1) is 0 Å². The van der Waals surface area contributed by atoms with E-state index < -0.39 is 5.91 Å². The van der Waals surface area contributed by atoms with Crippen molar-refractivity contribution >= 4 is 5.91 Å². The number of primary amides is 1. The fourth-order valence-electron chi connectivity index (χ4n) is 1.40. The first kappa shape index (κ1) is 13.4. The van der Waals surface area contributed by atoms with E-state index in [4.69, 9.17) is 15.2 Å². The molecule has 0 saturated heterocycles. The van der Waals surface area contributed by atoms with E-state index in [9.17, 15) is 4.79 Å². The molecule has 1 aromatic rings. The standard InChI is InChI=1S/C13H19NO3/c1-13(2,3)9-5-6-10(11(7-9)16-4)17-8-12(14)15/h5-7H,8H2,1-4H3,(H2,14,15). The first-order valence-corrected chi connectivity index (χ1v) is 5.44. The molecule has 0 fully saturated rings. The highest BCUT2D eigenvalue weighted by Gasteiger charge is 2.16. The molecule has 1 aromatic carbocycles. The average molecular weight is 237 g/mol. The molecule has 17 heavy (non-hydrogen) atoms. The Morgan fingerprint density at radius 2 is 1.94 bits per heavy atom. The number of hydrogen-bond donors (Lipinski definition) is 1. The molecular formula is C13H19NO3. The van der Waals surface area contributed by atoms with Gasteiger partial charge in [-0.1, -0.05) is 26.8 Å². The minimum atomic E-state index is -0.507. The predicted octanol–water partition coefficient (Wildman–Crippen LogP) is 1.86. The Balaban J connectivity index is 2.97. The quantitative estimate of drug-likeness (QED) is 0.869. The van der Waals surface area contributed by atoms with Crippen LogP contribution in [0.2, 0.25) is 0 Å². The van der Waals surface area contributed by atoms with Gasteiger partial charge in [0, 0.05) is 0 Å². The molecule has 0 aliphatic rings. The zero-order chi connectivity index (χ0) is 13.1. The molecular weight excluding hydrogens is 218 g/mol. The van der Waals surface area contributed by atoms with Gasteiger partial charge in [-0.2, -0.15) is 0 Å². The molecule has 4 heteroatoms. The highest BCUT2D eigenvalue weighted by atomic mass is 16.5. The first-order valence-electron chi connectivity index (χ1n) is 5.44. The van der Waals surface area contributed by atoms with Crippen molar-refractivity contribution in [3.8, 4) is 11.5 Å². The zero-order valence-corrected chi connectivity index (χ0v) is 10.7. The Bertz CT molecular complexity index is 408. The van der Waals surface area contributed by atoms with Gasteiger partial charge < -0.3 is 15.2 Å². The summed E-state index contributed by atoms with van der Waals surface area (Å²) in [5, 5.41) is 0. The van der Waals surface area contributed by atoms with E-state index in [-0.39, 0.29) is 12.0 Å². The lowest BCUT2D eigenvalue weighted by molar-refractivity contribution is -0.119. The molecule has 1 rings (SSSR count). The topological polar surface area (TPSA) is 61.6 Å². The van der Waals surface area contributed by atoms with E-state index >= 15 is 0 Å². The van der Waals surface area contributed by atoms with Crippen LogP contribution in [0.15, 0.2) is 18.2 Å². The largest absolute Gasteiger partial charge is 0.493 e. The van der Waals surface area contributed by atoms with Gasteiger partial charge >= 0.3 is 0 Å². The minimum Gasteiger partial charge on any atom is -0.493 e. The van der Waals surface area contributed by atoms with E-state index in [1.54, 1.807) is 13.2 Å². The van der Waals surface area contributed by atoms with Gasteiger partial charge in [0.25, 0.3) is 5.91 Å². The van der Waals surface area contributed by atoms with Gasteiger partial charge in [-0.15, -0.1) is 0 Å². The molecule has 0 bridgehead atoms. The number of amides is 1. The fraction of sp³-hybridized carbons (Fsp3) is 0.462. The van der Waals surface area contributed by atoms with Crippen molar-refractivity contribution in [2.75, 3.05) is 13.7 Å². The number of methoxy groups -OCH3 is 1. The second-order valence-electron chi connectivity index (χ2n) is 4.87. The Hall–Kier alpha value is -1.71. The summed E-state index contributed by atoms with van der Waals surface area (Å²) in [4.78, 5) is 10.7. The molecule has 0 aromatic heterocycles. The molecule has 0 saturated carbocycles. The summed E-state index contributed by atoms with van der Waals surface area (Å²) < 4.78 is 10.5. The molecule has 0 heterocycles. The van der Waals surface area contributed by atoms with Gasteiger partial charge in [-0.3, -0.25) is 4.79 Å². The molecule has 0 unspecified atom stereocenters. The van der Waals surface area contributed by atoms with Gasteiger partial charge in [0.1, 0.15) is 0 Å². The monoisotopic (exact) mass is 237 g/mol. The molecule has 4 nitrogen and oxygen atoms in total. The summed E-state index contributed by atoms with van der Waals surface area (Å²) in [6, 6.07) is 5.66. The van der Waals surface area contributed by atoms with Crippen LogP contribution >= 0.6 is 0 Å². The van der Waals surface area contributed by atoms with Crippen molar-refractivity contribution in [3.05, 3.63) is 23.8 Å². The normalized spacial score (nSPS) is 11.1. The second kappa shape index (κ2) is 5.08. The van der Waals surface area contributed by atoms with E-state index in [1.165, 1.54) is 0 Å². The van der Waals surface area contributed by atoms with Crippen molar-refractivity contribution in [1.82, 2.24) is 0 Å². The Morgan fingerprint density at radius 1 is 1.29 bits per heavy atom. The number of nitrogens with two attached hydrogens (primary N) is 1. The molecule has 0 spiro atoms. The Labute approximate surface area is 102 Å². The van der Waals surface area contributed by atoms with Crippen molar-refractivity contribution in [2.24, 2.45) is 5.73 Å². The lowest BCUT2D eigenvalue weighted by Gasteiger charge is -2.20. The summed E-state index contributed by atoms with van der Waals surface area (Å²) in [5.74, 6) is 0.630. The van der Waals surface area contributed by atoms with Crippen molar-refractivity contribution in [1.29, 1.82) is 0 Å². The molecule has 0 aliphatic heterocycles. The number of carbonyl (C=O) groups is 1. The number of benzene rings is 1. The summed E-state index contributed by atoms with van der Waals surface area (Å²) in [7, 11) is 1.57. The second-order valence-corrected chi connectivity index (χ2v) is 4.87. The number of hydrogen-bond acceptors (Lipinski definition) is 3.